The second-order valence-electron chi connectivity index (χ2n) is 5.55. The highest BCUT2D eigenvalue weighted by Gasteiger charge is 2.16. The zero-order valence-electron chi connectivity index (χ0n) is 13.4. The Kier molecular flexibility index (Phi) is 5.40. The highest BCUT2D eigenvalue weighted by Crippen LogP contribution is 2.28. The molecule has 1 unspecified atom stereocenters. The van der Waals surface area contributed by atoms with Crippen LogP contribution in [0.2, 0.25) is 0 Å². The minimum atomic E-state index is 0.271. The van der Waals surface area contributed by atoms with Gasteiger partial charge in [-0.2, -0.15) is 0 Å². The molecule has 2 heteroatoms. The molecule has 0 amide bonds. The van der Waals surface area contributed by atoms with Crippen molar-refractivity contribution in [2.24, 2.45) is 0 Å². The van der Waals surface area contributed by atoms with Crippen molar-refractivity contribution in [2.45, 2.75) is 33.2 Å². The van der Waals surface area contributed by atoms with Crippen molar-refractivity contribution >= 4 is 0 Å². The summed E-state index contributed by atoms with van der Waals surface area (Å²) in [5.41, 5.74) is 5.11. The normalized spacial score (nSPS) is 12.2. The van der Waals surface area contributed by atoms with Crippen molar-refractivity contribution in [3.63, 3.8) is 0 Å². The molecule has 0 aromatic heterocycles. The van der Waals surface area contributed by atoms with Gasteiger partial charge in [-0.1, -0.05) is 48.9 Å². The molecule has 0 aliphatic rings. The minimum Gasteiger partial charge on any atom is -0.496 e. The SMILES string of the molecule is CCNC(Cc1cccc(C)c1)c1ccc(C)cc1OC. The predicted octanol–water partition coefficient (Wildman–Crippen LogP) is 4.21. The summed E-state index contributed by atoms with van der Waals surface area (Å²) < 4.78 is 5.57. The lowest BCUT2D eigenvalue weighted by atomic mass is 9.96. The quantitative estimate of drug-likeness (QED) is 0.857. The zero-order valence-corrected chi connectivity index (χ0v) is 13.4. The van der Waals surface area contributed by atoms with Crippen molar-refractivity contribution in [1.29, 1.82) is 0 Å². The Morgan fingerprint density at radius 3 is 2.48 bits per heavy atom. The molecule has 0 fully saturated rings. The van der Waals surface area contributed by atoms with E-state index in [1.165, 1.54) is 22.3 Å². The van der Waals surface area contributed by atoms with Crippen molar-refractivity contribution in [1.82, 2.24) is 5.32 Å². The number of nitrogens with one attached hydrogen (secondary N) is 1. The Hall–Kier alpha value is -1.80. The van der Waals surface area contributed by atoms with Crippen LogP contribution in [-0.4, -0.2) is 13.7 Å². The molecule has 0 radical (unpaired) electrons. The minimum absolute atomic E-state index is 0.271. The lowest BCUT2D eigenvalue weighted by Crippen LogP contribution is -2.23. The number of ether oxygens (including phenoxy) is 1. The van der Waals surface area contributed by atoms with Crippen LogP contribution in [0.3, 0.4) is 0 Å². The van der Waals surface area contributed by atoms with E-state index in [2.05, 4.69) is 68.6 Å². The number of methoxy groups -OCH3 is 1. The summed E-state index contributed by atoms with van der Waals surface area (Å²) >= 11 is 0. The highest BCUT2D eigenvalue weighted by atomic mass is 16.5. The number of hydrogen-bond acceptors (Lipinski definition) is 2. The molecule has 0 bridgehead atoms. The molecule has 0 aliphatic heterocycles. The maximum absolute atomic E-state index is 5.57. The van der Waals surface area contributed by atoms with Gasteiger partial charge in [0.25, 0.3) is 0 Å². The van der Waals surface area contributed by atoms with Gasteiger partial charge in [0.15, 0.2) is 0 Å². The molecule has 1 atom stereocenters. The van der Waals surface area contributed by atoms with E-state index in [-0.39, 0.29) is 6.04 Å². The summed E-state index contributed by atoms with van der Waals surface area (Å²) in [6, 6.07) is 15.4. The molecule has 0 aliphatic carbocycles. The molecular weight excluding hydrogens is 258 g/mol. The molecule has 112 valence electrons. The second kappa shape index (κ2) is 7.28. The smallest absolute Gasteiger partial charge is 0.123 e. The molecule has 2 aromatic rings. The van der Waals surface area contributed by atoms with Gasteiger partial charge in [-0.05, 0) is 44.0 Å². The summed E-state index contributed by atoms with van der Waals surface area (Å²) in [5.74, 6) is 0.966. The first-order valence-corrected chi connectivity index (χ1v) is 7.57. The molecule has 21 heavy (non-hydrogen) atoms. The van der Waals surface area contributed by atoms with Crippen LogP contribution >= 0.6 is 0 Å². The van der Waals surface area contributed by atoms with Gasteiger partial charge in [-0.15, -0.1) is 0 Å². The van der Waals surface area contributed by atoms with Crippen LogP contribution in [-0.2, 0) is 6.42 Å². The monoisotopic (exact) mass is 283 g/mol. The van der Waals surface area contributed by atoms with E-state index in [9.17, 15) is 0 Å². The first-order chi connectivity index (χ1) is 10.1. The summed E-state index contributed by atoms with van der Waals surface area (Å²) in [6.07, 6.45) is 0.967. The highest BCUT2D eigenvalue weighted by molar-refractivity contribution is 5.40. The van der Waals surface area contributed by atoms with Gasteiger partial charge in [-0.3, -0.25) is 0 Å². The van der Waals surface area contributed by atoms with E-state index < -0.39 is 0 Å². The van der Waals surface area contributed by atoms with Crippen LogP contribution in [0.15, 0.2) is 42.5 Å². The van der Waals surface area contributed by atoms with Crippen LogP contribution in [0.1, 0.15) is 35.2 Å². The van der Waals surface area contributed by atoms with Gasteiger partial charge >= 0.3 is 0 Å². The number of benzene rings is 2. The van der Waals surface area contributed by atoms with E-state index in [4.69, 9.17) is 4.74 Å². The lowest BCUT2D eigenvalue weighted by Gasteiger charge is -2.21. The largest absolute Gasteiger partial charge is 0.496 e. The topological polar surface area (TPSA) is 21.3 Å². The summed E-state index contributed by atoms with van der Waals surface area (Å²) in [6.45, 7) is 7.31. The molecule has 2 rings (SSSR count). The van der Waals surface area contributed by atoms with Gasteiger partial charge in [0.05, 0.1) is 7.11 Å². The van der Waals surface area contributed by atoms with Crippen LogP contribution < -0.4 is 10.1 Å². The van der Waals surface area contributed by atoms with E-state index >= 15 is 0 Å². The van der Waals surface area contributed by atoms with E-state index in [0.29, 0.717) is 0 Å². The van der Waals surface area contributed by atoms with Gasteiger partial charge < -0.3 is 10.1 Å². The molecule has 0 spiro atoms. The van der Waals surface area contributed by atoms with Crippen LogP contribution in [0, 0.1) is 13.8 Å². The Morgan fingerprint density at radius 1 is 1.05 bits per heavy atom. The zero-order chi connectivity index (χ0) is 15.2. The molecule has 2 aromatic carbocycles. The molecule has 0 saturated heterocycles. The van der Waals surface area contributed by atoms with E-state index in [1.807, 2.05) is 0 Å². The van der Waals surface area contributed by atoms with Crippen molar-refractivity contribution < 1.29 is 4.74 Å². The van der Waals surface area contributed by atoms with Gasteiger partial charge in [0.2, 0.25) is 0 Å². The third-order valence-electron chi connectivity index (χ3n) is 3.74. The maximum atomic E-state index is 5.57. The Balaban J connectivity index is 2.30. The Bertz CT molecular complexity index is 592. The fourth-order valence-electron chi connectivity index (χ4n) is 2.72. The number of hydrogen-bond donors (Lipinski definition) is 1. The first kappa shape index (κ1) is 15.6. The maximum Gasteiger partial charge on any atom is 0.123 e. The predicted molar refractivity (Wildman–Crippen MR) is 89.0 cm³/mol. The van der Waals surface area contributed by atoms with E-state index in [1.54, 1.807) is 7.11 Å². The third kappa shape index (κ3) is 4.08. The lowest BCUT2D eigenvalue weighted by molar-refractivity contribution is 0.399. The fourth-order valence-corrected chi connectivity index (χ4v) is 2.72. The van der Waals surface area contributed by atoms with Crippen LogP contribution in [0.25, 0.3) is 0 Å². The van der Waals surface area contributed by atoms with Crippen LogP contribution in [0.5, 0.6) is 5.75 Å². The average molecular weight is 283 g/mol. The van der Waals surface area contributed by atoms with Gasteiger partial charge in [0.1, 0.15) is 5.75 Å². The Labute approximate surface area is 128 Å². The molecule has 0 heterocycles. The summed E-state index contributed by atoms with van der Waals surface area (Å²) in [4.78, 5) is 0. The van der Waals surface area contributed by atoms with Crippen molar-refractivity contribution in [2.75, 3.05) is 13.7 Å². The summed E-state index contributed by atoms with van der Waals surface area (Å²) in [5, 5.41) is 3.58. The van der Waals surface area contributed by atoms with Gasteiger partial charge in [0, 0.05) is 11.6 Å². The molecular formula is C19H25NO. The third-order valence-corrected chi connectivity index (χ3v) is 3.74. The van der Waals surface area contributed by atoms with Crippen LogP contribution in [0.4, 0.5) is 0 Å². The van der Waals surface area contributed by atoms with Crippen molar-refractivity contribution in [3.8, 4) is 5.75 Å². The van der Waals surface area contributed by atoms with E-state index in [0.717, 1.165) is 18.7 Å². The molecule has 2 nitrogen and oxygen atoms in total. The summed E-state index contributed by atoms with van der Waals surface area (Å²) in [7, 11) is 1.74. The standard InChI is InChI=1S/C19H25NO/c1-5-20-18(13-16-8-6-7-14(2)11-16)17-10-9-15(3)12-19(17)21-4/h6-12,18,20H,5,13H2,1-4H3. The first-order valence-electron chi connectivity index (χ1n) is 7.57. The molecule has 1 N–H and O–H groups in total. The van der Waals surface area contributed by atoms with Crippen molar-refractivity contribution in [3.05, 3.63) is 64.7 Å². The van der Waals surface area contributed by atoms with Gasteiger partial charge in [-0.25, -0.2) is 0 Å². The fraction of sp³-hybridized carbons (Fsp3) is 0.368. The molecule has 0 saturated carbocycles. The Morgan fingerprint density at radius 2 is 1.81 bits per heavy atom. The second-order valence-corrected chi connectivity index (χ2v) is 5.55. The average Bonchev–Trinajstić information content (AvgIpc) is 2.47. The number of aryl methyl sites for hydroxylation is 2. The number of likely N-dealkylation sites (N-methyl/N-ethyl adjacent to an activating group) is 1. The number of rotatable bonds is 6.